The van der Waals surface area contributed by atoms with E-state index in [0.717, 1.165) is 28.8 Å². The Kier molecular flexibility index (Phi) is 8.04. The molecule has 1 aromatic heterocycles. The smallest absolute Gasteiger partial charge is 0.0991 e. The molecular formula is C30H29ClN6. The largest absolute Gasteiger partial charge is 0.305 e. The Hall–Kier alpha value is -3.97. The van der Waals surface area contributed by atoms with Crippen molar-refractivity contribution in [2.24, 2.45) is 5.41 Å². The molecular weight excluding hydrogens is 480 g/mol. The highest BCUT2D eigenvalue weighted by molar-refractivity contribution is 6.30. The number of aromatic nitrogens is 3. The SMILES string of the molecule is C[C@H](NC(c1cccc(-n2nccn2)c1)C(C)(C)C#N)[C@@H](Cc1ccc(Cl)cc1)c1cccc(C#N)c1. The van der Waals surface area contributed by atoms with E-state index in [1.807, 2.05) is 80.6 Å². The lowest BCUT2D eigenvalue weighted by Gasteiger charge is -2.36. The van der Waals surface area contributed by atoms with Crippen molar-refractivity contribution in [3.8, 4) is 17.8 Å². The van der Waals surface area contributed by atoms with Gasteiger partial charge in [0.05, 0.1) is 47.2 Å². The summed E-state index contributed by atoms with van der Waals surface area (Å²) in [6.45, 7) is 6.03. The number of benzene rings is 3. The molecule has 6 nitrogen and oxygen atoms in total. The van der Waals surface area contributed by atoms with Crippen molar-refractivity contribution in [1.82, 2.24) is 20.3 Å². The van der Waals surface area contributed by atoms with Gasteiger partial charge in [-0.05, 0) is 80.3 Å². The zero-order chi connectivity index (χ0) is 26.4. The molecule has 4 aromatic rings. The molecule has 0 saturated heterocycles. The van der Waals surface area contributed by atoms with E-state index in [1.54, 1.807) is 17.2 Å². The topological polar surface area (TPSA) is 90.3 Å². The molecule has 7 heteroatoms. The minimum Gasteiger partial charge on any atom is -0.305 e. The minimum absolute atomic E-state index is 0.0336. The molecule has 0 fully saturated rings. The summed E-state index contributed by atoms with van der Waals surface area (Å²) in [6.07, 6.45) is 4.03. The Bertz CT molecular complexity index is 1410. The molecule has 1 heterocycles. The first kappa shape index (κ1) is 26.1. The quantitative estimate of drug-likeness (QED) is 0.283. The first-order valence-electron chi connectivity index (χ1n) is 12.2. The molecule has 0 aliphatic carbocycles. The predicted octanol–water partition coefficient (Wildman–Crippen LogP) is 6.39. The maximum Gasteiger partial charge on any atom is 0.0991 e. The van der Waals surface area contributed by atoms with Gasteiger partial charge in [-0.25, -0.2) is 0 Å². The molecule has 0 aliphatic rings. The summed E-state index contributed by atoms with van der Waals surface area (Å²) in [5.74, 6) is 0.0439. The summed E-state index contributed by atoms with van der Waals surface area (Å²) in [6, 6.07) is 28.0. The van der Waals surface area contributed by atoms with Crippen molar-refractivity contribution >= 4 is 11.6 Å². The number of nitrogens with zero attached hydrogens (tertiary/aromatic N) is 5. The normalized spacial score (nSPS) is 13.8. The van der Waals surface area contributed by atoms with Crippen LogP contribution in [0.3, 0.4) is 0 Å². The van der Waals surface area contributed by atoms with Gasteiger partial charge in [-0.3, -0.25) is 0 Å². The van der Waals surface area contributed by atoms with E-state index in [4.69, 9.17) is 11.6 Å². The van der Waals surface area contributed by atoms with Crippen molar-refractivity contribution < 1.29 is 0 Å². The molecule has 1 unspecified atom stereocenters. The Balaban J connectivity index is 1.71. The van der Waals surface area contributed by atoms with Crippen LogP contribution < -0.4 is 5.32 Å². The molecule has 4 rings (SSSR count). The molecule has 0 amide bonds. The third-order valence-corrected chi connectivity index (χ3v) is 6.96. The van der Waals surface area contributed by atoms with Crippen LogP contribution in [0.1, 0.15) is 55.0 Å². The third kappa shape index (κ3) is 6.24. The van der Waals surface area contributed by atoms with E-state index < -0.39 is 5.41 Å². The number of nitriles is 2. The Morgan fingerprint density at radius 3 is 2.30 bits per heavy atom. The number of hydrogen-bond acceptors (Lipinski definition) is 5. The fraction of sp³-hybridized carbons (Fsp3) is 0.267. The van der Waals surface area contributed by atoms with Crippen LogP contribution in [0.4, 0.5) is 0 Å². The summed E-state index contributed by atoms with van der Waals surface area (Å²) in [7, 11) is 0. The molecule has 0 bridgehead atoms. The molecule has 37 heavy (non-hydrogen) atoms. The molecule has 3 atom stereocenters. The minimum atomic E-state index is -0.705. The number of rotatable bonds is 9. The fourth-order valence-electron chi connectivity index (χ4n) is 4.64. The predicted molar refractivity (Wildman–Crippen MR) is 145 cm³/mol. The summed E-state index contributed by atoms with van der Waals surface area (Å²) in [5, 5.41) is 32.6. The summed E-state index contributed by atoms with van der Waals surface area (Å²) >= 11 is 6.13. The average Bonchev–Trinajstić information content (AvgIpc) is 3.46. The molecule has 186 valence electrons. The lowest BCUT2D eigenvalue weighted by Crippen LogP contribution is -2.42. The third-order valence-electron chi connectivity index (χ3n) is 6.71. The molecule has 0 radical (unpaired) electrons. The second-order valence-electron chi connectivity index (χ2n) is 9.81. The van der Waals surface area contributed by atoms with Gasteiger partial charge in [0.2, 0.25) is 0 Å². The lowest BCUT2D eigenvalue weighted by atomic mass is 9.79. The zero-order valence-corrected chi connectivity index (χ0v) is 21.9. The van der Waals surface area contributed by atoms with Crippen molar-refractivity contribution in [3.63, 3.8) is 0 Å². The number of hydrogen-bond donors (Lipinski definition) is 1. The maximum atomic E-state index is 10.1. The van der Waals surface area contributed by atoms with Gasteiger partial charge in [0.15, 0.2) is 0 Å². The van der Waals surface area contributed by atoms with Crippen LogP contribution in [0.2, 0.25) is 5.02 Å². The molecule has 0 spiro atoms. The van der Waals surface area contributed by atoms with Crippen LogP contribution >= 0.6 is 11.6 Å². The van der Waals surface area contributed by atoms with Gasteiger partial charge in [0.1, 0.15) is 0 Å². The van der Waals surface area contributed by atoms with Gasteiger partial charge < -0.3 is 5.32 Å². The highest BCUT2D eigenvalue weighted by Crippen LogP contribution is 2.36. The van der Waals surface area contributed by atoms with Crippen molar-refractivity contribution in [2.75, 3.05) is 0 Å². The van der Waals surface area contributed by atoms with Gasteiger partial charge in [0, 0.05) is 17.0 Å². The van der Waals surface area contributed by atoms with Crippen LogP contribution in [0.25, 0.3) is 5.69 Å². The molecule has 3 aromatic carbocycles. The van der Waals surface area contributed by atoms with Crippen LogP contribution in [-0.2, 0) is 6.42 Å². The van der Waals surface area contributed by atoms with Gasteiger partial charge in [-0.15, -0.1) is 0 Å². The number of nitrogens with one attached hydrogen (secondary N) is 1. The summed E-state index contributed by atoms with van der Waals surface area (Å²) < 4.78 is 0. The van der Waals surface area contributed by atoms with E-state index in [9.17, 15) is 10.5 Å². The molecule has 1 N–H and O–H groups in total. The van der Waals surface area contributed by atoms with Crippen LogP contribution in [0.15, 0.2) is 85.2 Å². The van der Waals surface area contributed by atoms with E-state index in [-0.39, 0.29) is 18.0 Å². The molecule has 0 saturated carbocycles. The second-order valence-corrected chi connectivity index (χ2v) is 10.2. The van der Waals surface area contributed by atoms with Crippen molar-refractivity contribution in [1.29, 1.82) is 10.5 Å². The van der Waals surface area contributed by atoms with Gasteiger partial charge in [-0.2, -0.15) is 25.5 Å². The van der Waals surface area contributed by atoms with E-state index in [0.29, 0.717) is 10.6 Å². The zero-order valence-electron chi connectivity index (χ0n) is 21.1. The van der Waals surface area contributed by atoms with Gasteiger partial charge in [0.25, 0.3) is 0 Å². The Morgan fingerprint density at radius 1 is 0.946 bits per heavy atom. The Morgan fingerprint density at radius 2 is 1.62 bits per heavy atom. The first-order valence-corrected chi connectivity index (χ1v) is 12.6. The van der Waals surface area contributed by atoms with Gasteiger partial charge in [-0.1, -0.05) is 48.0 Å². The van der Waals surface area contributed by atoms with Crippen LogP contribution in [0.5, 0.6) is 0 Å². The van der Waals surface area contributed by atoms with E-state index >= 15 is 0 Å². The van der Waals surface area contributed by atoms with Crippen molar-refractivity contribution in [2.45, 2.75) is 45.2 Å². The van der Waals surface area contributed by atoms with Crippen LogP contribution in [0, 0.1) is 28.1 Å². The monoisotopic (exact) mass is 508 g/mol. The van der Waals surface area contributed by atoms with Crippen molar-refractivity contribution in [3.05, 3.63) is 112 Å². The maximum absolute atomic E-state index is 10.1. The highest BCUT2D eigenvalue weighted by atomic mass is 35.5. The van der Waals surface area contributed by atoms with Gasteiger partial charge >= 0.3 is 0 Å². The fourth-order valence-corrected chi connectivity index (χ4v) is 4.77. The second kappa shape index (κ2) is 11.4. The number of halogens is 1. The van der Waals surface area contributed by atoms with E-state index in [2.05, 4.69) is 40.6 Å². The Labute approximate surface area is 223 Å². The average molecular weight is 509 g/mol. The highest BCUT2D eigenvalue weighted by Gasteiger charge is 2.34. The standard InChI is InChI=1S/C30H29ClN6/c1-21(28(17-22-10-12-26(31)13-11-22)24-7-4-6-23(16-24)19-32)36-29(30(2,3)20-33)25-8-5-9-27(18-25)37-34-14-15-35-37/h4-16,18,21,28-29,36H,17H2,1-3H3/t21-,28+,29?/m0/s1. The van der Waals surface area contributed by atoms with E-state index in [1.165, 1.54) is 0 Å². The lowest BCUT2D eigenvalue weighted by molar-refractivity contribution is 0.281. The van der Waals surface area contributed by atoms with Crippen LogP contribution in [-0.4, -0.2) is 21.0 Å². The summed E-state index contributed by atoms with van der Waals surface area (Å²) in [5.41, 5.74) is 3.94. The first-order chi connectivity index (χ1) is 17.8. The summed E-state index contributed by atoms with van der Waals surface area (Å²) in [4.78, 5) is 1.57. The molecule has 0 aliphatic heterocycles.